The molecule has 0 saturated carbocycles. The molecule has 0 fully saturated rings. The number of aliphatic carboxylic acids is 1. The lowest BCUT2D eigenvalue weighted by molar-refractivity contribution is -0.139. The molecule has 8 nitrogen and oxygen atoms in total. The first-order chi connectivity index (χ1) is 15.6. The fourth-order valence-corrected chi connectivity index (χ4v) is 3.97. The van der Waals surface area contributed by atoms with E-state index in [1.165, 1.54) is 0 Å². The highest BCUT2D eigenvalue weighted by Gasteiger charge is 2.29. The lowest BCUT2D eigenvalue weighted by Gasteiger charge is -2.17. The Labute approximate surface area is 184 Å². The first-order valence-electron chi connectivity index (χ1n) is 10.0. The Kier molecular flexibility index (Phi) is 6.05. The standard InChI is InChI=1S/C24H20N4O4/c25-28-27-16-11-9-15(10-12-16)13-22(23(29)30)26-24(31)32-14-21-19-7-3-1-5-17(19)18-6-2-4-8-20(18)21/h1-12,21-22H,13-14H2,(H,26,31)(H,29,30)/t22-/m1/s1. The molecule has 8 heteroatoms. The molecule has 2 N–H and O–H groups in total. The van der Waals surface area contributed by atoms with E-state index in [2.05, 4.69) is 15.3 Å². The van der Waals surface area contributed by atoms with Gasteiger partial charge >= 0.3 is 12.1 Å². The monoisotopic (exact) mass is 428 g/mol. The van der Waals surface area contributed by atoms with E-state index < -0.39 is 18.1 Å². The van der Waals surface area contributed by atoms with Gasteiger partial charge < -0.3 is 15.2 Å². The highest BCUT2D eigenvalue weighted by Crippen LogP contribution is 2.44. The molecule has 3 aromatic rings. The maximum atomic E-state index is 12.4. The predicted octanol–water partition coefficient (Wildman–Crippen LogP) is 5.16. The molecule has 0 saturated heterocycles. The van der Waals surface area contributed by atoms with Gasteiger partial charge in [-0.25, -0.2) is 9.59 Å². The van der Waals surface area contributed by atoms with E-state index in [-0.39, 0.29) is 18.9 Å². The molecule has 0 spiro atoms. The lowest BCUT2D eigenvalue weighted by atomic mass is 9.98. The number of ether oxygens (including phenoxy) is 1. The first kappa shape index (κ1) is 21.0. The zero-order valence-electron chi connectivity index (χ0n) is 17.0. The summed E-state index contributed by atoms with van der Waals surface area (Å²) in [5.41, 5.74) is 14.0. The largest absolute Gasteiger partial charge is 0.480 e. The van der Waals surface area contributed by atoms with Crippen LogP contribution < -0.4 is 5.32 Å². The summed E-state index contributed by atoms with van der Waals surface area (Å²) in [6, 6.07) is 21.3. The van der Waals surface area contributed by atoms with Crippen molar-refractivity contribution in [3.8, 4) is 11.1 Å². The summed E-state index contributed by atoms with van der Waals surface area (Å²) in [7, 11) is 0. The number of carboxylic acid groups (broad SMARTS) is 1. The zero-order chi connectivity index (χ0) is 22.5. The second-order valence-corrected chi connectivity index (χ2v) is 7.42. The van der Waals surface area contributed by atoms with E-state index in [1.807, 2.05) is 48.5 Å². The highest BCUT2D eigenvalue weighted by molar-refractivity contribution is 5.81. The third kappa shape index (κ3) is 4.40. The Morgan fingerprint density at radius 2 is 1.59 bits per heavy atom. The molecule has 1 atom stereocenters. The van der Waals surface area contributed by atoms with E-state index in [1.54, 1.807) is 24.3 Å². The molecule has 0 aromatic heterocycles. The average Bonchev–Trinajstić information content (AvgIpc) is 3.12. The van der Waals surface area contributed by atoms with E-state index in [4.69, 9.17) is 10.3 Å². The van der Waals surface area contributed by atoms with Crippen molar-refractivity contribution in [2.24, 2.45) is 5.11 Å². The number of rotatable bonds is 7. The summed E-state index contributed by atoms with van der Waals surface area (Å²) in [5.74, 6) is -1.28. The number of fused-ring (bicyclic) bond motifs is 3. The number of hydrogen-bond acceptors (Lipinski definition) is 4. The molecule has 4 rings (SSSR count). The predicted molar refractivity (Wildman–Crippen MR) is 119 cm³/mol. The van der Waals surface area contributed by atoms with Crippen molar-refractivity contribution in [2.45, 2.75) is 18.4 Å². The Hall–Kier alpha value is -4.29. The topological polar surface area (TPSA) is 124 Å². The number of carbonyl (C=O) groups excluding carboxylic acids is 1. The molecule has 0 aliphatic heterocycles. The number of carbonyl (C=O) groups is 2. The minimum absolute atomic E-state index is 0.0656. The van der Waals surface area contributed by atoms with E-state index >= 15 is 0 Å². The van der Waals surface area contributed by atoms with Gasteiger partial charge in [0.1, 0.15) is 12.6 Å². The van der Waals surface area contributed by atoms with Crippen molar-refractivity contribution in [1.29, 1.82) is 0 Å². The van der Waals surface area contributed by atoms with Crippen LogP contribution in [0.5, 0.6) is 0 Å². The molecular weight excluding hydrogens is 408 g/mol. The quantitative estimate of drug-likeness (QED) is 0.306. The molecular formula is C24H20N4O4. The Balaban J connectivity index is 1.41. The number of azide groups is 1. The molecule has 32 heavy (non-hydrogen) atoms. The fraction of sp³-hybridized carbons (Fsp3) is 0.167. The van der Waals surface area contributed by atoms with Gasteiger partial charge in [0.2, 0.25) is 0 Å². The SMILES string of the molecule is [N-]=[N+]=Nc1ccc(C[C@@H](NC(=O)OCC2c3ccccc3-c3ccccc32)C(=O)O)cc1. The summed E-state index contributed by atoms with van der Waals surface area (Å²) < 4.78 is 5.44. The minimum atomic E-state index is -1.17. The maximum Gasteiger partial charge on any atom is 0.407 e. The lowest BCUT2D eigenvalue weighted by Crippen LogP contribution is -2.42. The van der Waals surface area contributed by atoms with Crippen molar-refractivity contribution in [2.75, 3.05) is 6.61 Å². The van der Waals surface area contributed by atoms with Crippen LogP contribution in [-0.2, 0) is 16.0 Å². The van der Waals surface area contributed by atoms with Crippen molar-refractivity contribution in [3.05, 3.63) is 99.9 Å². The Bertz CT molecular complexity index is 1160. The third-order valence-corrected chi connectivity index (χ3v) is 5.47. The van der Waals surface area contributed by atoms with Gasteiger partial charge in [-0.3, -0.25) is 0 Å². The van der Waals surface area contributed by atoms with Crippen LogP contribution in [-0.4, -0.2) is 29.8 Å². The molecule has 0 radical (unpaired) electrons. The van der Waals surface area contributed by atoms with Gasteiger partial charge in [0, 0.05) is 22.9 Å². The minimum Gasteiger partial charge on any atom is -0.480 e. The van der Waals surface area contributed by atoms with Crippen molar-refractivity contribution in [3.63, 3.8) is 0 Å². The van der Waals surface area contributed by atoms with Crippen LogP contribution in [0.15, 0.2) is 77.9 Å². The highest BCUT2D eigenvalue weighted by atomic mass is 16.5. The summed E-state index contributed by atoms with van der Waals surface area (Å²) in [6.45, 7) is 0.104. The molecule has 0 heterocycles. The van der Waals surface area contributed by atoms with Gasteiger partial charge in [-0.05, 0) is 33.3 Å². The molecule has 160 valence electrons. The third-order valence-electron chi connectivity index (χ3n) is 5.47. The molecule has 0 unspecified atom stereocenters. The van der Waals surface area contributed by atoms with Gasteiger partial charge in [0.15, 0.2) is 0 Å². The maximum absolute atomic E-state index is 12.4. The van der Waals surface area contributed by atoms with Gasteiger partial charge in [0.25, 0.3) is 0 Å². The van der Waals surface area contributed by atoms with Crippen LogP contribution in [0, 0.1) is 0 Å². The van der Waals surface area contributed by atoms with Crippen molar-refractivity contribution in [1.82, 2.24) is 5.32 Å². The molecule has 3 aromatic carbocycles. The molecule has 1 amide bonds. The van der Waals surface area contributed by atoms with Crippen LogP contribution in [0.25, 0.3) is 21.6 Å². The summed E-state index contributed by atoms with van der Waals surface area (Å²) in [6.07, 6.45) is -0.722. The normalized spacial score (nSPS) is 12.8. The van der Waals surface area contributed by atoms with Gasteiger partial charge in [-0.2, -0.15) is 0 Å². The van der Waals surface area contributed by atoms with Gasteiger partial charge in [-0.15, -0.1) is 0 Å². The van der Waals surface area contributed by atoms with Crippen molar-refractivity contribution >= 4 is 17.7 Å². The number of benzene rings is 3. The second-order valence-electron chi connectivity index (χ2n) is 7.42. The number of carboxylic acids is 1. The summed E-state index contributed by atoms with van der Waals surface area (Å²) >= 11 is 0. The van der Waals surface area contributed by atoms with E-state index in [9.17, 15) is 14.7 Å². The fourth-order valence-electron chi connectivity index (χ4n) is 3.97. The molecule has 1 aliphatic carbocycles. The van der Waals surface area contributed by atoms with E-state index in [0.29, 0.717) is 11.3 Å². The molecule has 0 bridgehead atoms. The van der Waals surface area contributed by atoms with Crippen molar-refractivity contribution < 1.29 is 19.4 Å². The van der Waals surface area contributed by atoms with Gasteiger partial charge in [0.05, 0.1) is 0 Å². The van der Waals surface area contributed by atoms with E-state index in [0.717, 1.165) is 22.3 Å². The second kappa shape index (κ2) is 9.24. The number of alkyl carbamates (subject to hydrolysis) is 1. The molecule has 1 aliphatic rings. The average molecular weight is 428 g/mol. The number of nitrogens with one attached hydrogen (secondary N) is 1. The van der Waals surface area contributed by atoms with Crippen LogP contribution in [0.1, 0.15) is 22.6 Å². The number of amides is 1. The number of nitrogens with zero attached hydrogens (tertiary/aromatic N) is 3. The number of hydrogen-bond donors (Lipinski definition) is 2. The van der Waals surface area contributed by atoms with Crippen LogP contribution in [0.3, 0.4) is 0 Å². The van der Waals surface area contributed by atoms with Crippen LogP contribution in [0.4, 0.5) is 10.5 Å². The summed E-state index contributed by atoms with van der Waals surface area (Å²) in [5, 5.41) is 15.4. The summed E-state index contributed by atoms with van der Waals surface area (Å²) in [4.78, 5) is 26.8. The first-order valence-corrected chi connectivity index (χ1v) is 10.0. The smallest absolute Gasteiger partial charge is 0.407 e. The zero-order valence-corrected chi connectivity index (χ0v) is 17.0. The van der Waals surface area contributed by atoms with Gasteiger partial charge in [-0.1, -0.05) is 77.9 Å². The van der Waals surface area contributed by atoms with Crippen LogP contribution >= 0.6 is 0 Å². The Morgan fingerprint density at radius 3 is 2.16 bits per heavy atom. The van der Waals surface area contributed by atoms with Crippen LogP contribution in [0.2, 0.25) is 0 Å². The Morgan fingerprint density at radius 1 is 1.00 bits per heavy atom.